The number of rotatable bonds is 5. The summed E-state index contributed by atoms with van der Waals surface area (Å²) < 4.78 is 0. The van der Waals surface area contributed by atoms with E-state index in [-0.39, 0.29) is 6.61 Å². The van der Waals surface area contributed by atoms with Gasteiger partial charge in [0.05, 0.1) is 0 Å². The first kappa shape index (κ1) is 10.7. The summed E-state index contributed by atoms with van der Waals surface area (Å²) in [7, 11) is 0. The molecule has 1 unspecified atom stereocenters. The van der Waals surface area contributed by atoms with Gasteiger partial charge in [0.15, 0.2) is 0 Å². The lowest BCUT2D eigenvalue weighted by Crippen LogP contribution is -2.13. The molecule has 0 aliphatic rings. The zero-order valence-corrected chi connectivity index (χ0v) is 8.27. The zero-order chi connectivity index (χ0) is 10.4. The third-order valence-corrected chi connectivity index (χ3v) is 1.94. The molecule has 4 N–H and O–H groups in total. The van der Waals surface area contributed by atoms with Crippen molar-refractivity contribution in [1.82, 2.24) is 9.97 Å². The number of nitrogens with zero attached hydrogens (tertiary/aromatic N) is 2. The van der Waals surface area contributed by atoms with Crippen molar-refractivity contribution in [3.8, 4) is 0 Å². The molecule has 1 aromatic heterocycles. The van der Waals surface area contributed by atoms with Gasteiger partial charge in [-0.05, 0) is 12.3 Å². The van der Waals surface area contributed by atoms with Gasteiger partial charge in [0.25, 0.3) is 0 Å². The van der Waals surface area contributed by atoms with Crippen LogP contribution in [-0.2, 0) is 0 Å². The van der Waals surface area contributed by atoms with E-state index < -0.39 is 0 Å². The predicted molar refractivity (Wildman–Crippen MR) is 55.8 cm³/mol. The van der Waals surface area contributed by atoms with Gasteiger partial charge in [-0.2, -0.15) is 0 Å². The van der Waals surface area contributed by atoms with Gasteiger partial charge in [0.2, 0.25) is 0 Å². The minimum absolute atomic E-state index is 0.217. The average molecular weight is 196 g/mol. The van der Waals surface area contributed by atoms with Gasteiger partial charge < -0.3 is 16.2 Å². The molecule has 0 spiro atoms. The molecule has 1 aromatic rings. The number of aliphatic hydroxyl groups excluding tert-OH is 1. The molecular formula is C9H16N4O. The molecule has 14 heavy (non-hydrogen) atoms. The van der Waals surface area contributed by atoms with Gasteiger partial charge in [-0.3, -0.25) is 0 Å². The Kier molecular flexibility index (Phi) is 4.12. The normalized spacial score (nSPS) is 12.4. The third kappa shape index (κ3) is 3.57. The van der Waals surface area contributed by atoms with E-state index in [1.807, 2.05) is 0 Å². The minimum atomic E-state index is 0.217. The van der Waals surface area contributed by atoms with E-state index >= 15 is 0 Å². The Morgan fingerprint density at radius 2 is 2.36 bits per heavy atom. The Hall–Kier alpha value is -1.36. The van der Waals surface area contributed by atoms with Gasteiger partial charge in [-0.1, -0.05) is 6.92 Å². The third-order valence-electron chi connectivity index (χ3n) is 1.94. The summed E-state index contributed by atoms with van der Waals surface area (Å²) >= 11 is 0. The summed E-state index contributed by atoms with van der Waals surface area (Å²) in [4.78, 5) is 7.80. The fraction of sp³-hybridized carbons (Fsp3) is 0.556. The van der Waals surface area contributed by atoms with E-state index in [2.05, 4.69) is 22.2 Å². The van der Waals surface area contributed by atoms with Crippen LogP contribution in [0.5, 0.6) is 0 Å². The smallest absolute Gasteiger partial charge is 0.131 e. The highest BCUT2D eigenvalue weighted by atomic mass is 16.3. The van der Waals surface area contributed by atoms with Gasteiger partial charge in [0.1, 0.15) is 18.0 Å². The highest BCUT2D eigenvalue weighted by Gasteiger charge is 2.01. The second kappa shape index (κ2) is 5.39. The highest BCUT2D eigenvalue weighted by molar-refractivity contribution is 5.43. The maximum atomic E-state index is 8.70. The average Bonchev–Trinajstić information content (AvgIpc) is 2.15. The summed E-state index contributed by atoms with van der Waals surface area (Å²) in [5, 5.41) is 11.8. The maximum absolute atomic E-state index is 8.70. The molecule has 78 valence electrons. The molecule has 0 bridgehead atoms. The van der Waals surface area contributed by atoms with Crippen LogP contribution < -0.4 is 11.1 Å². The fourth-order valence-corrected chi connectivity index (χ4v) is 1.07. The Labute approximate surface area is 83.4 Å². The van der Waals surface area contributed by atoms with E-state index in [1.165, 1.54) is 6.33 Å². The van der Waals surface area contributed by atoms with Crippen molar-refractivity contribution in [2.24, 2.45) is 5.92 Å². The number of hydrogen-bond acceptors (Lipinski definition) is 5. The topological polar surface area (TPSA) is 84.1 Å². The first-order valence-electron chi connectivity index (χ1n) is 4.64. The minimum Gasteiger partial charge on any atom is -0.396 e. The Bertz CT molecular complexity index is 279. The first-order valence-corrected chi connectivity index (χ1v) is 4.64. The van der Waals surface area contributed by atoms with Gasteiger partial charge >= 0.3 is 0 Å². The molecule has 0 saturated carbocycles. The van der Waals surface area contributed by atoms with Crippen LogP contribution in [0.25, 0.3) is 0 Å². The van der Waals surface area contributed by atoms with Crippen molar-refractivity contribution in [2.75, 3.05) is 24.2 Å². The summed E-state index contributed by atoms with van der Waals surface area (Å²) in [6.45, 7) is 3.06. The monoisotopic (exact) mass is 196 g/mol. The predicted octanol–water partition coefficient (Wildman–Crippen LogP) is 0.489. The number of aliphatic hydroxyl groups is 1. The highest BCUT2D eigenvalue weighted by Crippen LogP contribution is 2.07. The molecule has 0 radical (unpaired) electrons. The molecule has 0 amide bonds. The molecule has 5 heteroatoms. The molecule has 1 rings (SSSR count). The lowest BCUT2D eigenvalue weighted by Gasteiger charge is -2.11. The lowest BCUT2D eigenvalue weighted by molar-refractivity contribution is 0.266. The largest absolute Gasteiger partial charge is 0.396 e. The number of nitrogens with two attached hydrogens (primary N) is 1. The van der Waals surface area contributed by atoms with Gasteiger partial charge in [-0.15, -0.1) is 0 Å². The van der Waals surface area contributed by atoms with Crippen molar-refractivity contribution in [3.63, 3.8) is 0 Å². The Morgan fingerprint density at radius 1 is 1.57 bits per heavy atom. The van der Waals surface area contributed by atoms with E-state index in [4.69, 9.17) is 10.8 Å². The van der Waals surface area contributed by atoms with Crippen LogP contribution in [0.15, 0.2) is 12.4 Å². The van der Waals surface area contributed by atoms with E-state index in [0.29, 0.717) is 11.7 Å². The van der Waals surface area contributed by atoms with Crippen LogP contribution in [0.1, 0.15) is 13.3 Å². The van der Waals surface area contributed by atoms with Crippen molar-refractivity contribution >= 4 is 11.6 Å². The number of aromatic nitrogens is 2. The maximum Gasteiger partial charge on any atom is 0.131 e. The van der Waals surface area contributed by atoms with Crippen LogP contribution in [0.2, 0.25) is 0 Å². The molecule has 1 heterocycles. The molecular weight excluding hydrogens is 180 g/mol. The second-order valence-electron chi connectivity index (χ2n) is 3.33. The molecule has 5 nitrogen and oxygen atoms in total. The molecule has 0 aromatic carbocycles. The fourth-order valence-electron chi connectivity index (χ4n) is 1.07. The Balaban J connectivity index is 2.37. The van der Waals surface area contributed by atoms with Crippen LogP contribution in [0, 0.1) is 5.92 Å². The first-order chi connectivity index (χ1) is 6.72. The van der Waals surface area contributed by atoms with E-state index in [1.54, 1.807) is 6.07 Å². The number of hydrogen-bond donors (Lipinski definition) is 3. The summed E-state index contributed by atoms with van der Waals surface area (Å²) in [5.74, 6) is 1.59. The summed E-state index contributed by atoms with van der Waals surface area (Å²) in [6, 6.07) is 1.69. The van der Waals surface area contributed by atoms with Gasteiger partial charge in [0, 0.05) is 19.2 Å². The van der Waals surface area contributed by atoms with Crippen LogP contribution in [0.3, 0.4) is 0 Å². The Morgan fingerprint density at radius 3 is 3.00 bits per heavy atom. The standard InChI is InChI=1S/C9H16N4O/c1-7(2-3-14)5-11-9-4-8(10)12-6-13-9/h4,6-7,14H,2-3,5H2,1H3,(H3,10,11,12,13). The zero-order valence-electron chi connectivity index (χ0n) is 8.27. The second-order valence-corrected chi connectivity index (χ2v) is 3.33. The van der Waals surface area contributed by atoms with Crippen LogP contribution >= 0.6 is 0 Å². The number of nitrogen functional groups attached to an aromatic ring is 1. The number of anilines is 2. The van der Waals surface area contributed by atoms with E-state index in [0.717, 1.165) is 18.8 Å². The molecule has 1 atom stereocenters. The van der Waals surface area contributed by atoms with E-state index in [9.17, 15) is 0 Å². The molecule has 0 fully saturated rings. The van der Waals surface area contributed by atoms with Crippen LogP contribution in [0.4, 0.5) is 11.6 Å². The van der Waals surface area contributed by atoms with Crippen molar-refractivity contribution in [3.05, 3.63) is 12.4 Å². The summed E-state index contributed by atoms with van der Waals surface area (Å²) in [5.41, 5.74) is 5.49. The summed E-state index contributed by atoms with van der Waals surface area (Å²) in [6.07, 6.45) is 2.21. The quantitative estimate of drug-likeness (QED) is 0.638. The van der Waals surface area contributed by atoms with Crippen molar-refractivity contribution in [2.45, 2.75) is 13.3 Å². The molecule has 0 aliphatic heterocycles. The molecule has 0 saturated heterocycles. The number of nitrogens with one attached hydrogen (secondary N) is 1. The SMILES string of the molecule is CC(CCO)CNc1cc(N)ncn1. The lowest BCUT2D eigenvalue weighted by atomic mass is 10.1. The van der Waals surface area contributed by atoms with Gasteiger partial charge in [-0.25, -0.2) is 9.97 Å². The van der Waals surface area contributed by atoms with Crippen LogP contribution in [-0.4, -0.2) is 28.2 Å². The van der Waals surface area contributed by atoms with Crippen molar-refractivity contribution < 1.29 is 5.11 Å². The molecule has 0 aliphatic carbocycles. The van der Waals surface area contributed by atoms with Crippen molar-refractivity contribution in [1.29, 1.82) is 0 Å².